The van der Waals surface area contributed by atoms with Gasteiger partial charge in [0, 0.05) is 35.2 Å². The summed E-state index contributed by atoms with van der Waals surface area (Å²) in [6.45, 7) is 0.491. The van der Waals surface area contributed by atoms with Gasteiger partial charge in [-0.3, -0.25) is 0 Å². The van der Waals surface area contributed by atoms with Crippen LogP contribution in [0.5, 0.6) is 5.88 Å². The molecular weight excluding hydrogens is 471 g/mol. The number of thioether (sulfide) groups is 1. The van der Waals surface area contributed by atoms with Gasteiger partial charge in [-0.1, -0.05) is 18.2 Å². The predicted octanol–water partition coefficient (Wildman–Crippen LogP) is 6.98. The van der Waals surface area contributed by atoms with Crippen molar-refractivity contribution in [3.8, 4) is 28.4 Å². The van der Waals surface area contributed by atoms with Gasteiger partial charge in [0.2, 0.25) is 5.88 Å². The summed E-state index contributed by atoms with van der Waals surface area (Å²) in [4.78, 5) is 14.2. The van der Waals surface area contributed by atoms with Crippen molar-refractivity contribution in [3.05, 3.63) is 90.6 Å². The fourth-order valence-electron chi connectivity index (χ4n) is 4.89. The third-order valence-corrected chi connectivity index (χ3v) is 7.26. The van der Waals surface area contributed by atoms with Gasteiger partial charge in [-0.05, 0) is 67.6 Å². The van der Waals surface area contributed by atoms with Crippen molar-refractivity contribution >= 4 is 22.7 Å². The van der Waals surface area contributed by atoms with Crippen LogP contribution in [0.3, 0.4) is 0 Å². The van der Waals surface area contributed by atoms with Gasteiger partial charge in [-0.15, -0.1) is 11.8 Å². The first-order chi connectivity index (χ1) is 17.7. The number of fused-ring (bicyclic) bond motifs is 2. The van der Waals surface area contributed by atoms with Crippen LogP contribution in [0.4, 0.5) is 4.39 Å². The van der Waals surface area contributed by atoms with Gasteiger partial charge in [0.1, 0.15) is 18.2 Å². The van der Waals surface area contributed by atoms with Crippen LogP contribution in [0, 0.1) is 5.82 Å². The molecule has 0 fully saturated rings. The quantitative estimate of drug-likeness (QED) is 0.237. The molecular formula is C29H25FN4OS. The van der Waals surface area contributed by atoms with Crippen molar-refractivity contribution in [3.63, 3.8) is 0 Å². The molecule has 2 aromatic carbocycles. The molecule has 7 heteroatoms. The van der Waals surface area contributed by atoms with Gasteiger partial charge >= 0.3 is 0 Å². The maximum Gasteiger partial charge on any atom is 0.213 e. The molecule has 1 aliphatic rings. The molecule has 0 radical (unpaired) electrons. The van der Waals surface area contributed by atoms with E-state index in [0.29, 0.717) is 12.5 Å². The lowest BCUT2D eigenvalue weighted by Crippen LogP contribution is -2.24. The fourth-order valence-corrected chi connectivity index (χ4v) is 5.31. The van der Waals surface area contributed by atoms with Crippen molar-refractivity contribution < 1.29 is 9.13 Å². The normalized spacial score (nSPS) is 15.1. The van der Waals surface area contributed by atoms with E-state index in [4.69, 9.17) is 9.72 Å². The lowest BCUT2D eigenvalue weighted by Gasteiger charge is -2.27. The topological polar surface area (TPSA) is 52.8 Å². The Bertz CT molecular complexity index is 1530. The zero-order chi connectivity index (χ0) is 24.5. The van der Waals surface area contributed by atoms with Gasteiger partial charge in [0.25, 0.3) is 0 Å². The van der Waals surface area contributed by atoms with Crippen LogP contribution in [-0.4, -0.2) is 32.4 Å². The number of benzene rings is 2. The van der Waals surface area contributed by atoms with Crippen molar-refractivity contribution in [2.24, 2.45) is 0 Å². The Morgan fingerprint density at radius 3 is 2.72 bits per heavy atom. The summed E-state index contributed by atoms with van der Waals surface area (Å²) in [5.41, 5.74) is 4.74. The molecule has 5 aromatic rings. The van der Waals surface area contributed by atoms with E-state index >= 15 is 0 Å². The number of imidazole rings is 1. The molecule has 0 unspecified atom stereocenters. The van der Waals surface area contributed by atoms with Crippen LogP contribution in [0.15, 0.2) is 84.0 Å². The predicted molar refractivity (Wildman–Crippen MR) is 142 cm³/mol. The van der Waals surface area contributed by atoms with Crippen molar-refractivity contribution in [2.75, 3.05) is 12.9 Å². The summed E-state index contributed by atoms with van der Waals surface area (Å²) in [5, 5.41) is 2.03. The number of rotatable bonds is 6. The monoisotopic (exact) mass is 496 g/mol. The Hall–Kier alpha value is -3.71. The third-order valence-electron chi connectivity index (χ3n) is 6.62. The SMILES string of the molecule is CSc1cc(-c2c(-c3ccc(F)cc3)nc3n2[C@H](COc2ccc4ccccc4n2)CCC3)ccn1. The minimum atomic E-state index is -0.257. The number of hydrogen-bond donors (Lipinski definition) is 0. The molecule has 0 N–H and O–H groups in total. The Balaban J connectivity index is 1.41. The smallest absolute Gasteiger partial charge is 0.213 e. The first kappa shape index (κ1) is 22.7. The van der Waals surface area contributed by atoms with E-state index < -0.39 is 0 Å². The molecule has 0 bridgehead atoms. The summed E-state index contributed by atoms with van der Waals surface area (Å²) < 4.78 is 22.3. The van der Waals surface area contributed by atoms with E-state index in [1.54, 1.807) is 23.9 Å². The zero-order valence-corrected chi connectivity index (χ0v) is 20.7. The molecule has 36 heavy (non-hydrogen) atoms. The maximum atomic E-state index is 13.7. The van der Waals surface area contributed by atoms with E-state index in [2.05, 4.69) is 20.6 Å². The molecule has 0 saturated carbocycles. The number of nitrogens with zero attached hydrogens (tertiary/aromatic N) is 4. The number of halogens is 1. The average Bonchev–Trinajstić information content (AvgIpc) is 3.32. The zero-order valence-electron chi connectivity index (χ0n) is 19.9. The number of pyridine rings is 2. The summed E-state index contributed by atoms with van der Waals surface area (Å²) in [5.74, 6) is 1.39. The van der Waals surface area contributed by atoms with E-state index in [-0.39, 0.29) is 11.9 Å². The molecule has 1 aliphatic heterocycles. The fraction of sp³-hybridized carbons (Fsp3) is 0.207. The largest absolute Gasteiger partial charge is 0.475 e. The number of aromatic nitrogens is 4. The number of hydrogen-bond acceptors (Lipinski definition) is 5. The van der Waals surface area contributed by atoms with Crippen LogP contribution in [-0.2, 0) is 6.42 Å². The minimum absolute atomic E-state index is 0.101. The van der Waals surface area contributed by atoms with Crippen LogP contribution >= 0.6 is 11.8 Å². The van der Waals surface area contributed by atoms with E-state index in [1.807, 2.05) is 54.9 Å². The first-order valence-electron chi connectivity index (χ1n) is 12.1. The first-order valence-corrected chi connectivity index (χ1v) is 13.3. The van der Waals surface area contributed by atoms with Crippen molar-refractivity contribution in [2.45, 2.75) is 30.3 Å². The van der Waals surface area contributed by atoms with Crippen LogP contribution in [0.25, 0.3) is 33.4 Å². The molecule has 3 aromatic heterocycles. The summed E-state index contributed by atoms with van der Waals surface area (Å²) in [6.07, 6.45) is 6.76. The molecule has 5 nitrogen and oxygen atoms in total. The molecule has 0 aliphatic carbocycles. The van der Waals surface area contributed by atoms with Gasteiger partial charge < -0.3 is 9.30 Å². The standard InChI is InChI=1S/C29H25FN4OS/c1-36-27-17-21(15-16-31-27)29-28(20-9-12-22(30)13-10-20)33-25-8-4-6-23(34(25)29)18-35-26-14-11-19-5-2-3-7-24(19)32-26/h2-3,5,7,9-17,23H,4,6,8,18H2,1H3/t23-/m0/s1. The van der Waals surface area contributed by atoms with Crippen LogP contribution < -0.4 is 4.74 Å². The number of para-hydroxylation sites is 1. The molecule has 180 valence electrons. The second-order valence-electron chi connectivity index (χ2n) is 8.89. The Labute approximate surface area is 213 Å². The Morgan fingerprint density at radius 1 is 1.00 bits per heavy atom. The highest BCUT2D eigenvalue weighted by Gasteiger charge is 2.29. The molecule has 1 atom stereocenters. The van der Waals surface area contributed by atoms with Crippen LogP contribution in [0.1, 0.15) is 24.7 Å². The highest BCUT2D eigenvalue weighted by molar-refractivity contribution is 7.98. The van der Waals surface area contributed by atoms with E-state index in [1.165, 1.54) is 12.1 Å². The summed E-state index contributed by atoms with van der Waals surface area (Å²) in [6, 6.07) is 22.8. The lowest BCUT2D eigenvalue weighted by atomic mass is 10.0. The van der Waals surface area contributed by atoms with Crippen molar-refractivity contribution in [1.29, 1.82) is 0 Å². The molecule has 0 saturated heterocycles. The molecule has 6 rings (SSSR count). The van der Waals surface area contributed by atoms with Gasteiger partial charge in [0.05, 0.1) is 28.0 Å². The van der Waals surface area contributed by atoms with Gasteiger partial charge in [0.15, 0.2) is 0 Å². The second-order valence-corrected chi connectivity index (χ2v) is 9.71. The average molecular weight is 497 g/mol. The summed E-state index contributed by atoms with van der Waals surface area (Å²) >= 11 is 1.61. The number of ether oxygens (including phenoxy) is 1. The van der Waals surface area contributed by atoms with Crippen LogP contribution in [0.2, 0.25) is 0 Å². The van der Waals surface area contributed by atoms with Crippen molar-refractivity contribution in [1.82, 2.24) is 19.5 Å². The third kappa shape index (κ3) is 4.35. The van der Waals surface area contributed by atoms with E-state index in [0.717, 1.165) is 63.5 Å². The summed E-state index contributed by atoms with van der Waals surface area (Å²) in [7, 11) is 0. The Kier molecular flexibility index (Phi) is 6.15. The molecule has 4 heterocycles. The Morgan fingerprint density at radius 2 is 1.86 bits per heavy atom. The molecule has 0 amide bonds. The highest BCUT2D eigenvalue weighted by atomic mass is 32.2. The maximum absolute atomic E-state index is 13.7. The van der Waals surface area contributed by atoms with Gasteiger partial charge in [-0.2, -0.15) is 0 Å². The second kappa shape index (κ2) is 9.74. The van der Waals surface area contributed by atoms with Gasteiger partial charge in [-0.25, -0.2) is 19.3 Å². The lowest BCUT2D eigenvalue weighted by molar-refractivity contribution is 0.221. The van der Waals surface area contributed by atoms with E-state index in [9.17, 15) is 4.39 Å². The molecule has 0 spiro atoms. The number of aryl methyl sites for hydroxylation is 1. The highest BCUT2D eigenvalue weighted by Crippen LogP contribution is 2.39. The minimum Gasteiger partial charge on any atom is -0.475 e.